The van der Waals surface area contributed by atoms with Gasteiger partial charge < -0.3 is 9.80 Å². The van der Waals surface area contributed by atoms with E-state index in [4.69, 9.17) is 0 Å². The van der Waals surface area contributed by atoms with Gasteiger partial charge in [-0.05, 0) is 38.8 Å². The van der Waals surface area contributed by atoms with Crippen molar-refractivity contribution in [2.75, 3.05) is 33.2 Å². The van der Waals surface area contributed by atoms with Gasteiger partial charge in [-0.15, -0.1) is 0 Å². The van der Waals surface area contributed by atoms with Crippen LogP contribution in [0.15, 0.2) is 0 Å². The number of rotatable bonds is 1. The summed E-state index contributed by atoms with van der Waals surface area (Å²) >= 11 is 0. The molecule has 2 aliphatic heterocycles. The van der Waals surface area contributed by atoms with Crippen molar-refractivity contribution in [3.05, 3.63) is 0 Å². The molecule has 0 aromatic carbocycles. The zero-order chi connectivity index (χ0) is 10.8. The zero-order valence-electron chi connectivity index (χ0n) is 9.91. The van der Waals surface area contributed by atoms with Crippen LogP contribution in [0.3, 0.4) is 0 Å². The monoisotopic (exact) mass is 210 g/mol. The summed E-state index contributed by atoms with van der Waals surface area (Å²) in [6.45, 7) is 6.32. The number of hydrogen-bond donors (Lipinski definition) is 0. The number of amides is 1. The molecule has 0 saturated carbocycles. The minimum Gasteiger partial charge on any atom is -0.342 e. The van der Waals surface area contributed by atoms with Crippen LogP contribution in [0.1, 0.15) is 26.2 Å². The van der Waals surface area contributed by atoms with Crippen molar-refractivity contribution in [3.63, 3.8) is 0 Å². The number of hydrogen-bond acceptors (Lipinski definition) is 2. The Hall–Kier alpha value is -0.570. The second-order valence-corrected chi connectivity index (χ2v) is 5.28. The molecular weight excluding hydrogens is 188 g/mol. The number of carbonyl (C=O) groups is 1. The second kappa shape index (κ2) is 4.52. The number of carbonyl (C=O) groups excluding carboxylic acids is 1. The summed E-state index contributed by atoms with van der Waals surface area (Å²) in [6.07, 6.45) is 3.46. The molecule has 15 heavy (non-hydrogen) atoms. The van der Waals surface area contributed by atoms with Crippen LogP contribution < -0.4 is 0 Å². The van der Waals surface area contributed by atoms with Gasteiger partial charge >= 0.3 is 0 Å². The highest BCUT2D eigenvalue weighted by molar-refractivity contribution is 5.79. The van der Waals surface area contributed by atoms with Crippen molar-refractivity contribution in [1.29, 1.82) is 0 Å². The summed E-state index contributed by atoms with van der Waals surface area (Å²) in [5, 5.41) is 0. The minimum absolute atomic E-state index is 0.272. The fourth-order valence-electron chi connectivity index (χ4n) is 2.76. The zero-order valence-corrected chi connectivity index (χ0v) is 9.91. The van der Waals surface area contributed by atoms with Crippen LogP contribution in [0.4, 0.5) is 0 Å². The predicted octanol–water partition coefficient (Wildman–Crippen LogP) is 1.20. The van der Waals surface area contributed by atoms with Crippen LogP contribution >= 0.6 is 0 Å². The standard InChI is InChI=1S/C12H22N2O/c1-10-5-7-14(8-10)12(15)11-4-3-6-13(2)9-11/h10-11H,3-9H2,1-2H3. The molecule has 2 aliphatic rings. The molecule has 2 unspecified atom stereocenters. The van der Waals surface area contributed by atoms with E-state index in [1.54, 1.807) is 0 Å². The van der Waals surface area contributed by atoms with E-state index in [0.29, 0.717) is 11.8 Å². The molecule has 0 bridgehead atoms. The summed E-state index contributed by atoms with van der Waals surface area (Å²) in [5.41, 5.74) is 0. The smallest absolute Gasteiger partial charge is 0.226 e. The van der Waals surface area contributed by atoms with E-state index in [0.717, 1.165) is 32.6 Å². The van der Waals surface area contributed by atoms with Crippen molar-refractivity contribution in [2.45, 2.75) is 26.2 Å². The molecule has 1 amide bonds. The second-order valence-electron chi connectivity index (χ2n) is 5.28. The Balaban J connectivity index is 1.89. The van der Waals surface area contributed by atoms with Gasteiger partial charge in [-0.25, -0.2) is 0 Å². The van der Waals surface area contributed by atoms with Gasteiger partial charge in [-0.3, -0.25) is 4.79 Å². The fraction of sp³-hybridized carbons (Fsp3) is 0.917. The first-order chi connectivity index (χ1) is 7.16. The number of likely N-dealkylation sites (tertiary alicyclic amines) is 2. The van der Waals surface area contributed by atoms with E-state index in [-0.39, 0.29) is 5.92 Å². The van der Waals surface area contributed by atoms with Crippen molar-refractivity contribution in [2.24, 2.45) is 11.8 Å². The molecule has 86 valence electrons. The Kier molecular flexibility index (Phi) is 3.29. The topological polar surface area (TPSA) is 23.6 Å². The van der Waals surface area contributed by atoms with Gasteiger partial charge in [-0.2, -0.15) is 0 Å². The average Bonchev–Trinajstić information content (AvgIpc) is 2.64. The van der Waals surface area contributed by atoms with Crippen LogP contribution in [0.25, 0.3) is 0 Å². The largest absolute Gasteiger partial charge is 0.342 e. The third-order valence-electron chi connectivity index (χ3n) is 3.71. The first-order valence-corrected chi connectivity index (χ1v) is 6.14. The molecule has 0 N–H and O–H groups in total. The minimum atomic E-state index is 0.272. The molecule has 0 aromatic heterocycles. The van der Waals surface area contributed by atoms with E-state index in [2.05, 4.69) is 23.8 Å². The van der Waals surface area contributed by atoms with Gasteiger partial charge in [0.05, 0.1) is 5.92 Å². The molecule has 2 atom stereocenters. The Labute approximate surface area is 92.4 Å². The summed E-state index contributed by atoms with van der Waals surface area (Å²) in [6, 6.07) is 0. The number of piperidine rings is 1. The normalized spacial score (nSPS) is 33.3. The molecule has 2 saturated heterocycles. The van der Waals surface area contributed by atoms with Crippen LogP contribution in [0.5, 0.6) is 0 Å². The van der Waals surface area contributed by atoms with Crippen LogP contribution in [-0.2, 0) is 4.79 Å². The molecule has 0 radical (unpaired) electrons. The summed E-state index contributed by atoms with van der Waals surface area (Å²) in [7, 11) is 2.12. The number of nitrogens with zero attached hydrogens (tertiary/aromatic N) is 2. The first-order valence-electron chi connectivity index (χ1n) is 6.14. The van der Waals surface area contributed by atoms with Gasteiger partial charge in [0.15, 0.2) is 0 Å². The van der Waals surface area contributed by atoms with Gasteiger partial charge in [0.1, 0.15) is 0 Å². The molecule has 2 heterocycles. The van der Waals surface area contributed by atoms with E-state index in [9.17, 15) is 4.79 Å². The fourth-order valence-corrected chi connectivity index (χ4v) is 2.76. The van der Waals surface area contributed by atoms with Gasteiger partial charge in [0.25, 0.3) is 0 Å². The first kappa shape index (κ1) is 10.9. The molecule has 0 aliphatic carbocycles. The van der Waals surface area contributed by atoms with Crippen molar-refractivity contribution < 1.29 is 4.79 Å². The quantitative estimate of drug-likeness (QED) is 0.649. The highest BCUT2D eigenvalue weighted by Gasteiger charge is 2.31. The molecule has 0 aromatic rings. The molecular formula is C12H22N2O. The Bertz CT molecular complexity index is 242. The lowest BCUT2D eigenvalue weighted by Gasteiger charge is -2.31. The maximum absolute atomic E-state index is 12.2. The van der Waals surface area contributed by atoms with Gasteiger partial charge in [-0.1, -0.05) is 6.92 Å². The molecule has 0 spiro atoms. The third kappa shape index (κ3) is 2.51. The SMILES string of the molecule is CC1CCN(C(=O)C2CCCN(C)C2)C1. The Morgan fingerprint density at radius 2 is 2.00 bits per heavy atom. The van der Waals surface area contributed by atoms with Crippen molar-refractivity contribution >= 4 is 5.91 Å². The highest BCUT2D eigenvalue weighted by atomic mass is 16.2. The lowest BCUT2D eigenvalue weighted by molar-refractivity contribution is -0.136. The van der Waals surface area contributed by atoms with Crippen LogP contribution in [0.2, 0.25) is 0 Å². The molecule has 2 rings (SSSR count). The van der Waals surface area contributed by atoms with E-state index in [1.165, 1.54) is 12.8 Å². The summed E-state index contributed by atoms with van der Waals surface area (Å²) in [5.74, 6) is 1.38. The highest BCUT2D eigenvalue weighted by Crippen LogP contribution is 2.22. The molecule has 2 fully saturated rings. The lowest BCUT2D eigenvalue weighted by atomic mass is 9.97. The lowest BCUT2D eigenvalue weighted by Crippen LogP contribution is -2.42. The predicted molar refractivity (Wildman–Crippen MR) is 60.6 cm³/mol. The maximum atomic E-state index is 12.2. The average molecular weight is 210 g/mol. The molecule has 3 heteroatoms. The van der Waals surface area contributed by atoms with Crippen molar-refractivity contribution in [1.82, 2.24) is 9.80 Å². The van der Waals surface area contributed by atoms with Gasteiger partial charge in [0, 0.05) is 19.6 Å². The summed E-state index contributed by atoms with van der Waals surface area (Å²) < 4.78 is 0. The van der Waals surface area contributed by atoms with Crippen LogP contribution in [0, 0.1) is 11.8 Å². The van der Waals surface area contributed by atoms with E-state index < -0.39 is 0 Å². The third-order valence-corrected chi connectivity index (χ3v) is 3.71. The Morgan fingerprint density at radius 1 is 1.20 bits per heavy atom. The summed E-state index contributed by atoms with van der Waals surface area (Å²) in [4.78, 5) is 16.6. The maximum Gasteiger partial charge on any atom is 0.226 e. The van der Waals surface area contributed by atoms with E-state index >= 15 is 0 Å². The van der Waals surface area contributed by atoms with Crippen molar-refractivity contribution in [3.8, 4) is 0 Å². The van der Waals surface area contributed by atoms with Gasteiger partial charge in [0.2, 0.25) is 5.91 Å². The molecule has 3 nitrogen and oxygen atoms in total. The van der Waals surface area contributed by atoms with Crippen LogP contribution in [-0.4, -0.2) is 48.9 Å². The Morgan fingerprint density at radius 3 is 2.60 bits per heavy atom. The van der Waals surface area contributed by atoms with E-state index in [1.807, 2.05) is 0 Å².